The summed E-state index contributed by atoms with van der Waals surface area (Å²) in [7, 11) is 0. The highest BCUT2D eigenvalue weighted by atomic mass is 16.2. The van der Waals surface area contributed by atoms with Crippen LogP contribution in [0.3, 0.4) is 0 Å². The summed E-state index contributed by atoms with van der Waals surface area (Å²) in [5, 5.41) is 5.41. The van der Waals surface area contributed by atoms with Crippen molar-refractivity contribution in [2.24, 2.45) is 0 Å². The van der Waals surface area contributed by atoms with Crippen molar-refractivity contribution < 1.29 is 9.59 Å². The second-order valence-corrected chi connectivity index (χ2v) is 6.21. The van der Waals surface area contributed by atoms with E-state index in [2.05, 4.69) is 29.6 Å². The molecule has 2 aromatic rings. The summed E-state index contributed by atoms with van der Waals surface area (Å²) in [5.41, 5.74) is 1.07. The van der Waals surface area contributed by atoms with Crippen LogP contribution in [0.2, 0.25) is 0 Å². The number of hydrogen-bond acceptors (Lipinski definition) is 2. The quantitative estimate of drug-likeness (QED) is 0.947. The van der Waals surface area contributed by atoms with Crippen molar-refractivity contribution in [2.75, 3.05) is 6.54 Å². The molecule has 2 amide bonds. The number of rotatable bonds is 3. The smallest absolute Gasteiger partial charge is 0.243 e. The lowest BCUT2D eigenvalue weighted by Gasteiger charge is -2.24. The summed E-state index contributed by atoms with van der Waals surface area (Å²) >= 11 is 0. The van der Waals surface area contributed by atoms with Crippen LogP contribution in [0.15, 0.2) is 42.5 Å². The molecule has 2 aromatic carbocycles. The fourth-order valence-electron chi connectivity index (χ4n) is 3.29. The molecule has 1 aliphatic heterocycles. The number of nitrogens with one attached hydrogen (secondary N) is 1. The Morgan fingerprint density at radius 3 is 2.65 bits per heavy atom. The van der Waals surface area contributed by atoms with Crippen LogP contribution in [0.5, 0.6) is 0 Å². The predicted molar refractivity (Wildman–Crippen MR) is 90.9 cm³/mol. The van der Waals surface area contributed by atoms with Gasteiger partial charge < -0.3 is 10.2 Å². The molecule has 0 aromatic heterocycles. The van der Waals surface area contributed by atoms with E-state index in [0.717, 1.165) is 23.8 Å². The van der Waals surface area contributed by atoms with E-state index in [0.29, 0.717) is 6.54 Å². The zero-order valence-corrected chi connectivity index (χ0v) is 13.6. The van der Waals surface area contributed by atoms with Crippen LogP contribution in [-0.2, 0) is 9.59 Å². The van der Waals surface area contributed by atoms with E-state index < -0.39 is 0 Å². The molecule has 120 valence electrons. The normalized spacial score (nSPS) is 18.9. The van der Waals surface area contributed by atoms with Gasteiger partial charge >= 0.3 is 0 Å². The fraction of sp³-hybridized carbons (Fsp3) is 0.368. The number of benzene rings is 2. The van der Waals surface area contributed by atoms with Crippen molar-refractivity contribution in [1.29, 1.82) is 0 Å². The van der Waals surface area contributed by atoms with E-state index >= 15 is 0 Å². The lowest BCUT2D eigenvalue weighted by atomic mass is 10.0. The summed E-state index contributed by atoms with van der Waals surface area (Å²) in [5.74, 6) is -0.0839. The van der Waals surface area contributed by atoms with Crippen LogP contribution in [0.4, 0.5) is 0 Å². The highest BCUT2D eigenvalue weighted by Crippen LogP contribution is 2.22. The first kappa shape index (κ1) is 15.5. The van der Waals surface area contributed by atoms with Crippen LogP contribution in [-0.4, -0.2) is 29.3 Å². The zero-order chi connectivity index (χ0) is 16.4. The minimum Gasteiger partial charge on any atom is -0.348 e. The molecule has 1 unspecified atom stereocenters. The number of hydrogen-bond donors (Lipinski definition) is 1. The van der Waals surface area contributed by atoms with Gasteiger partial charge in [-0.15, -0.1) is 0 Å². The van der Waals surface area contributed by atoms with Gasteiger partial charge in [0.1, 0.15) is 6.04 Å². The maximum atomic E-state index is 12.5. The van der Waals surface area contributed by atoms with Crippen LogP contribution < -0.4 is 5.32 Å². The van der Waals surface area contributed by atoms with Gasteiger partial charge in [-0.05, 0) is 42.2 Å². The minimum atomic E-state index is -0.324. The monoisotopic (exact) mass is 310 g/mol. The number of carbonyl (C=O) groups excluding carboxylic acids is 2. The Kier molecular flexibility index (Phi) is 4.33. The summed E-state index contributed by atoms with van der Waals surface area (Å²) in [6, 6.07) is 14.0. The summed E-state index contributed by atoms with van der Waals surface area (Å²) in [6.07, 6.45) is 1.64. The average Bonchev–Trinajstić information content (AvgIpc) is 3.04. The van der Waals surface area contributed by atoms with Crippen LogP contribution in [0.1, 0.15) is 38.3 Å². The molecule has 0 spiro atoms. The Hall–Kier alpha value is -2.36. The SMILES string of the molecule is CC(=O)N1CCCC1C(=O)N[C@H](C)c1ccc2ccccc2c1. The van der Waals surface area contributed by atoms with Crippen molar-refractivity contribution in [3.8, 4) is 0 Å². The molecule has 4 heteroatoms. The molecule has 4 nitrogen and oxygen atoms in total. The van der Waals surface area contributed by atoms with Crippen LogP contribution >= 0.6 is 0 Å². The first-order valence-corrected chi connectivity index (χ1v) is 8.12. The molecule has 0 bridgehead atoms. The largest absolute Gasteiger partial charge is 0.348 e. The second kappa shape index (κ2) is 6.41. The molecule has 1 heterocycles. The summed E-state index contributed by atoms with van der Waals surface area (Å²) < 4.78 is 0. The standard InChI is InChI=1S/C19H22N2O2/c1-13(16-10-9-15-6-3-4-7-17(15)12-16)20-19(23)18-8-5-11-21(18)14(2)22/h3-4,6-7,9-10,12-13,18H,5,8,11H2,1-2H3,(H,20,23)/t13-,18?/m1/s1. The lowest BCUT2D eigenvalue weighted by molar-refractivity contribution is -0.137. The van der Waals surface area contributed by atoms with E-state index in [9.17, 15) is 9.59 Å². The molecule has 1 fully saturated rings. The Labute approximate surface area is 136 Å². The molecule has 3 rings (SSSR count). The van der Waals surface area contributed by atoms with Gasteiger partial charge in [0.05, 0.1) is 6.04 Å². The molecule has 1 aliphatic rings. The molecular weight excluding hydrogens is 288 g/mol. The molecule has 0 radical (unpaired) electrons. The molecular formula is C19H22N2O2. The van der Waals surface area contributed by atoms with Crippen molar-refractivity contribution in [3.63, 3.8) is 0 Å². The summed E-state index contributed by atoms with van der Waals surface area (Å²) in [4.78, 5) is 25.8. The van der Waals surface area contributed by atoms with Gasteiger partial charge in [0.25, 0.3) is 0 Å². The summed E-state index contributed by atoms with van der Waals surface area (Å²) in [6.45, 7) is 4.19. The van der Waals surface area contributed by atoms with Crippen molar-refractivity contribution in [1.82, 2.24) is 10.2 Å². The first-order chi connectivity index (χ1) is 11.1. The highest BCUT2D eigenvalue weighted by Gasteiger charge is 2.32. The lowest BCUT2D eigenvalue weighted by Crippen LogP contribution is -2.45. The number of nitrogens with zero attached hydrogens (tertiary/aromatic N) is 1. The molecule has 1 saturated heterocycles. The van der Waals surface area contributed by atoms with Gasteiger partial charge in [0.15, 0.2) is 0 Å². The maximum Gasteiger partial charge on any atom is 0.243 e. The van der Waals surface area contributed by atoms with E-state index in [1.54, 1.807) is 4.90 Å². The van der Waals surface area contributed by atoms with Crippen LogP contribution in [0.25, 0.3) is 10.8 Å². The molecule has 0 aliphatic carbocycles. The zero-order valence-electron chi connectivity index (χ0n) is 13.6. The van der Waals surface area contributed by atoms with E-state index in [4.69, 9.17) is 0 Å². The van der Waals surface area contributed by atoms with Gasteiger partial charge in [-0.25, -0.2) is 0 Å². The van der Waals surface area contributed by atoms with Crippen molar-refractivity contribution in [3.05, 3.63) is 48.0 Å². The first-order valence-electron chi connectivity index (χ1n) is 8.12. The Balaban J connectivity index is 1.73. The van der Waals surface area contributed by atoms with Gasteiger partial charge in [0.2, 0.25) is 11.8 Å². The minimum absolute atomic E-state index is 0.0268. The van der Waals surface area contributed by atoms with Crippen LogP contribution in [0, 0.1) is 0 Å². The fourth-order valence-corrected chi connectivity index (χ4v) is 3.29. The maximum absolute atomic E-state index is 12.5. The predicted octanol–water partition coefficient (Wildman–Crippen LogP) is 3.03. The van der Waals surface area contributed by atoms with E-state index in [1.807, 2.05) is 25.1 Å². The molecule has 2 atom stereocenters. The van der Waals surface area contributed by atoms with Gasteiger partial charge in [-0.3, -0.25) is 9.59 Å². The van der Waals surface area contributed by atoms with Gasteiger partial charge in [0, 0.05) is 13.5 Å². The Bertz CT molecular complexity index is 741. The molecule has 1 N–H and O–H groups in total. The third-order valence-electron chi connectivity index (χ3n) is 4.59. The topological polar surface area (TPSA) is 49.4 Å². The van der Waals surface area contributed by atoms with E-state index in [1.165, 1.54) is 12.3 Å². The second-order valence-electron chi connectivity index (χ2n) is 6.21. The van der Waals surface area contributed by atoms with Gasteiger partial charge in [-0.2, -0.15) is 0 Å². The number of fused-ring (bicyclic) bond motifs is 1. The van der Waals surface area contributed by atoms with Gasteiger partial charge in [-0.1, -0.05) is 36.4 Å². The Morgan fingerprint density at radius 2 is 1.91 bits per heavy atom. The highest BCUT2D eigenvalue weighted by molar-refractivity contribution is 5.88. The number of carbonyl (C=O) groups is 2. The van der Waals surface area contributed by atoms with Crippen molar-refractivity contribution in [2.45, 2.75) is 38.8 Å². The number of likely N-dealkylation sites (tertiary alicyclic amines) is 1. The third kappa shape index (κ3) is 3.21. The van der Waals surface area contributed by atoms with E-state index in [-0.39, 0.29) is 23.9 Å². The Morgan fingerprint density at radius 1 is 1.17 bits per heavy atom. The molecule has 0 saturated carbocycles. The molecule has 23 heavy (non-hydrogen) atoms. The average molecular weight is 310 g/mol. The van der Waals surface area contributed by atoms with Crippen molar-refractivity contribution >= 4 is 22.6 Å². The number of amides is 2. The third-order valence-corrected chi connectivity index (χ3v) is 4.59.